The molecule has 9 heteroatoms. The average Bonchev–Trinajstić information content (AvgIpc) is 3.32. The van der Waals surface area contributed by atoms with E-state index in [9.17, 15) is 17.6 Å². The van der Waals surface area contributed by atoms with Gasteiger partial charge in [-0.25, -0.2) is 4.39 Å². The highest BCUT2D eigenvalue weighted by atomic mass is 35.5. The summed E-state index contributed by atoms with van der Waals surface area (Å²) >= 11 is 5.90. The zero-order valence-electron chi connectivity index (χ0n) is 21.1. The van der Waals surface area contributed by atoms with E-state index in [-0.39, 0.29) is 28.0 Å². The van der Waals surface area contributed by atoms with Crippen molar-refractivity contribution in [2.24, 2.45) is 0 Å². The van der Waals surface area contributed by atoms with Crippen LogP contribution in [-0.4, -0.2) is 9.78 Å². The minimum Gasteiger partial charge on any atom is -0.457 e. The van der Waals surface area contributed by atoms with Crippen LogP contribution in [0.1, 0.15) is 16.7 Å². The number of hydrogen-bond acceptors (Lipinski definition) is 3. The molecule has 0 unspecified atom stereocenters. The Morgan fingerprint density at radius 3 is 2.39 bits per heavy atom. The average molecular weight is 572 g/mol. The molecule has 0 fully saturated rings. The molecule has 1 aromatic heterocycles. The molecule has 0 saturated heterocycles. The minimum atomic E-state index is -4.63. The molecule has 0 aliphatic heterocycles. The topological polar surface area (TPSA) is 50.8 Å². The quantitative estimate of drug-likeness (QED) is 0.194. The molecule has 6 aromatic rings. The molecule has 1 heterocycles. The van der Waals surface area contributed by atoms with Gasteiger partial charge in [0.2, 0.25) is 0 Å². The number of ether oxygens (including phenoxy) is 1. The van der Waals surface area contributed by atoms with Crippen molar-refractivity contribution in [1.29, 1.82) is 5.26 Å². The van der Waals surface area contributed by atoms with Crippen molar-refractivity contribution in [3.05, 3.63) is 125 Å². The van der Waals surface area contributed by atoms with Gasteiger partial charge in [-0.2, -0.15) is 23.5 Å². The zero-order chi connectivity index (χ0) is 28.7. The van der Waals surface area contributed by atoms with E-state index < -0.39 is 17.6 Å². The van der Waals surface area contributed by atoms with E-state index in [4.69, 9.17) is 21.6 Å². The number of nitriles is 1. The van der Waals surface area contributed by atoms with Gasteiger partial charge >= 0.3 is 6.18 Å². The fourth-order valence-corrected chi connectivity index (χ4v) is 4.97. The maximum Gasteiger partial charge on any atom is 0.418 e. The van der Waals surface area contributed by atoms with Crippen LogP contribution < -0.4 is 4.74 Å². The lowest BCUT2D eigenvalue weighted by Crippen LogP contribution is -2.07. The molecule has 0 aliphatic rings. The summed E-state index contributed by atoms with van der Waals surface area (Å²) in [5.41, 5.74) is 0.582. The van der Waals surface area contributed by atoms with Gasteiger partial charge in [0.25, 0.3) is 0 Å². The second-order valence-electron chi connectivity index (χ2n) is 9.41. The summed E-state index contributed by atoms with van der Waals surface area (Å²) in [5.74, 6) is 0.399. The molecule has 0 saturated carbocycles. The van der Waals surface area contributed by atoms with Crippen LogP contribution in [0.25, 0.3) is 32.9 Å². The first-order valence-electron chi connectivity index (χ1n) is 12.4. The number of aromatic nitrogens is 2. The van der Waals surface area contributed by atoms with Crippen molar-refractivity contribution in [3.8, 4) is 28.8 Å². The predicted octanol–water partition coefficient (Wildman–Crippen LogP) is 9.38. The molecule has 41 heavy (non-hydrogen) atoms. The van der Waals surface area contributed by atoms with Crippen molar-refractivity contribution in [2.75, 3.05) is 0 Å². The first kappa shape index (κ1) is 26.4. The third-order valence-corrected chi connectivity index (χ3v) is 6.93. The van der Waals surface area contributed by atoms with Gasteiger partial charge in [0.1, 0.15) is 22.8 Å². The maximum atomic E-state index is 14.7. The molecule has 0 spiro atoms. The van der Waals surface area contributed by atoms with Crippen LogP contribution >= 0.6 is 11.6 Å². The van der Waals surface area contributed by atoms with Crippen LogP contribution in [0, 0.1) is 17.1 Å². The van der Waals surface area contributed by atoms with Crippen molar-refractivity contribution in [1.82, 2.24) is 9.78 Å². The number of nitrogens with zero attached hydrogens (tertiary/aromatic N) is 3. The fraction of sp³-hybridized carbons (Fsp3) is 0.0625. The Morgan fingerprint density at radius 2 is 1.61 bits per heavy atom. The Kier molecular flexibility index (Phi) is 6.60. The predicted molar refractivity (Wildman–Crippen MR) is 149 cm³/mol. The summed E-state index contributed by atoms with van der Waals surface area (Å²) in [6, 6.07) is 27.8. The third kappa shape index (κ3) is 5.20. The largest absolute Gasteiger partial charge is 0.457 e. The summed E-state index contributed by atoms with van der Waals surface area (Å²) in [6.45, 7) is -0.120. The molecular weight excluding hydrogens is 554 g/mol. The number of halogens is 5. The molecule has 0 bridgehead atoms. The van der Waals surface area contributed by atoms with Gasteiger partial charge in [-0.1, -0.05) is 54.1 Å². The summed E-state index contributed by atoms with van der Waals surface area (Å²) in [4.78, 5) is 0. The van der Waals surface area contributed by atoms with Crippen LogP contribution in [0.5, 0.6) is 11.5 Å². The Morgan fingerprint density at radius 1 is 0.854 bits per heavy atom. The fourth-order valence-electron chi connectivity index (χ4n) is 4.81. The minimum absolute atomic E-state index is 0.120. The van der Waals surface area contributed by atoms with E-state index in [0.29, 0.717) is 28.3 Å². The highest BCUT2D eigenvalue weighted by molar-refractivity contribution is 6.30. The number of hydrogen-bond donors (Lipinski definition) is 0. The lowest BCUT2D eigenvalue weighted by molar-refractivity contribution is -0.136. The summed E-state index contributed by atoms with van der Waals surface area (Å²) in [5, 5.41) is 15.7. The molecule has 4 nitrogen and oxygen atoms in total. The van der Waals surface area contributed by atoms with Gasteiger partial charge in [-0.05, 0) is 65.4 Å². The monoisotopic (exact) mass is 571 g/mol. The van der Waals surface area contributed by atoms with E-state index in [1.807, 2.05) is 18.2 Å². The second-order valence-corrected chi connectivity index (χ2v) is 9.84. The second kappa shape index (κ2) is 10.3. The molecule has 0 amide bonds. The number of alkyl halides is 3. The first-order valence-corrected chi connectivity index (χ1v) is 12.8. The van der Waals surface area contributed by atoms with E-state index >= 15 is 0 Å². The van der Waals surface area contributed by atoms with Gasteiger partial charge < -0.3 is 4.74 Å². The molecule has 6 rings (SSSR count). The van der Waals surface area contributed by atoms with Crippen LogP contribution in [0.4, 0.5) is 17.6 Å². The SMILES string of the molecule is N#Cc1ccc2cc(Oc3cccc(-c4c5cccc(C(F)(F)F)c5nn4Cc4ccc(Cl)cc4F)c3)ccc2c1. The Labute approximate surface area is 236 Å². The van der Waals surface area contributed by atoms with Gasteiger partial charge in [0.15, 0.2) is 0 Å². The van der Waals surface area contributed by atoms with E-state index in [1.165, 1.54) is 22.9 Å². The van der Waals surface area contributed by atoms with Gasteiger partial charge in [-0.15, -0.1) is 0 Å². The van der Waals surface area contributed by atoms with Crippen LogP contribution in [0.15, 0.2) is 97.1 Å². The van der Waals surface area contributed by atoms with E-state index in [0.717, 1.165) is 22.9 Å². The van der Waals surface area contributed by atoms with Gasteiger partial charge in [0.05, 0.1) is 29.4 Å². The molecule has 202 valence electrons. The zero-order valence-corrected chi connectivity index (χ0v) is 21.8. The first-order chi connectivity index (χ1) is 19.7. The smallest absolute Gasteiger partial charge is 0.418 e. The number of fused-ring (bicyclic) bond motifs is 2. The van der Waals surface area contributed by atoms with Crippen LogP contribution in [-0.2, 0) is 12.7 Å². The van der Waals surface area contributed by atoms with E-state index in [2.05, 4.69) is 11.2 Å². The van der Waals surface area contributed by atoms with Crippen LogP contribution in [0.2, 0.25) is 5.02 Å². The summed E-state index contributed by atoms with van der Waals surface area (Å²) < 4.78 is 63.9. The van der Waals surface area contributed by atoms with E-state index in [1.54, 1.807) is 48.5 Å². The lowest BCUT2D eigenvalue weighted by atomic mass is 10.0. The molecule has 0 atom stereocenters. The molecule has 0 radical (unpaired) electrons. The van der Waals surface area contributed by atoms with Gasteiger partial charge in [0, 0.05) is 21.5 Å². The number of benzene rings is 5. The highest BCUT2D eigenvalue weighted by Gasteiger charge is 2.34. The molecule has 0 N–H and O–H groups in total. The Hall–Kier alpha value is -4.87. The third-order valence-electron chi connectivity index (χ3n) is 6.69. The lowest BCUT2D eigenvalue weighted by Gasteiger charge is -2.12. The standard InChI is InChI=1S/C32H18ClF4N3O/c33-24-11-9-23(29(34)16-24)18-40-31(27-5-2-6-28(30(27)39-40)32(35,36)37)22-3-1-4-25(15-22)41-26-12-10-20-13-19(17-38)7-8-21(20)14-26/h1-16H,18H2. The molecule has 0 aliphatic carbocycles. The summed E-state index contributed by atoms with van der Waals surface area (Å²) in [6.07, 6.45) is -4.63. The Bertz CT molecular complexity index is 1990. The van der Waals surface area contributed by atoms with Crippen molar-refractivity contribution < 1.29 is 22.3 Å². The molecule has 5 aromatic carbocycles. The van der Waals surface area contributed by atoms with Crippen molar-refractivity contribution >= 4 is 33.3 Å². The highest BCUT2D eigenvalue weighted by Crippen LogP contribution is 2.39. The molecular formula is C32H18ClF4N3O. The maximum absolute atomic E-state index is 14.7. The normalized spacial score (nSPS) is 11.6. The Balaban J connectivity index is 1.44. The van der Waals surface area contributed by atoms with Gasteiger partial charge in [-0.3, -0.25) is 4.68 Å². The van der Waals surface area contributed by atoms with Crippen molar-refractivity contribution in [3.63, 3.8) is 0 Å². The number of rotatable bonds is 5. The summed E-state index contributed by atoms with van der Waals surface area (Å²) in [7, 11) is 0. The van der Waals surface area contributed by atoms with Crippen molar-refractivity contribution in [2.45, 2.75) is 12.7 Å². The van der Waals surface area contributed by atoms with Crippen LogP contribution in [0.3, 0.4) is 0 Å².